The summed E-state index contributed by atoms with van der Waals surface area (Å²) >= 11 is 0. The Morgan fingerprint density at radius 3 is 2.45 bits per heavy atom. The summed E-state index contributed by atoms with van der Waals surface area (Å²) < 4.78 is 6.04. The molecule has 1 rings (SSSR count). The lowest BCUT2D eigenvalue weighted by molar-refractivity contribution is 0.239. The zero-order valence-corrected chi connectivity index (χ0v) is 13.8. The third-order valence-electron chi connectivity index (χ3n) is 3.45. The summed E-state index contributed by atoms with van der Waals surface area (Å²) in [5.41, 5.74) is 1.61. The smallest absolute Gasteiger partial charge is 0.124 e. The zero-order valence-electron chi connectivity index (χ0n) is 13.8. The first-order chi connectivity index (χ1) is 9.48. The second-order valence-electron chi connectivity index (χ2n) is 6.61. The first-order valence-electron chi connectivity index (χ1n) is 7.93. The van der Waals surface area contributed by atoms with Crippen LogP contribution in [0, 0.1) is 5.41 Å². The van der Waals surface area contributed by atoms with Crippen LogP contribution in [0.15, 0.2) is 24.3 Å². The second kappa shape index (κ2) is 8.31. The lowest BCUT2D eigenvalue weighted by Gasteiger charge is -2.22. The first-order valence-corrected chi connectivity index (χ1v) is 7.93. The average Bonchev–Trinajstić information content (AvgIpc) is 2.39. The van der Waals surface area contributed by atoms with Crippen LogP contribution in [0.4, 0.5) is 0 Å². The first kappa shape index (κ1) is 17.0. The van der Waals surface area contributed by atoms with Gasteiger partial charge in [-0.2, -0.15) is 0 Å². The molecule has 1 unspecified atom stereocenters. The maximum absolute atomic E-state index is 6.04. The number of hydrogen-bond donors (Lipinski definition) is 1. The minimum atomic E-state index is 0.319. The number of ether oxygens (including phenoxy) is 1. The second-order valence-corrected chi connectivity index (χ2v) is 6.61. The SMILES string of the molecule is CCCNC(CC)c1ccccc1OCCC(C)(C)C. The molecule has 0 spiro atoms. The lowest BCUT2D eigenvalue weighted by atomic mass is 9.93. The van der Waals surface area contributed by atoms with Gasteiger partial charge in [-0.25, -0.2) is 0 Å². The van der Waals surface area contributed by atoms with Crippen LogP contribution in [0.3, 0.4) is 0 Å². The van der Waals surface area contributed by atoms with Crippen molar-refractivity contribution in [2.24, 2.45) is 5.41 Å². The molecule has 0 heterocycles. The number of benzene rings is 1. The van der Waals surface area contributed by atoms with Crippen LogP contribution in [0.25, 0.3) is 0 Å². The van der Waals surface area contributed by atoms with Crippen LogP contribution in [0.1, 0.15) is 65.5 Å². The van der Waals surface area contributed by atoms with E-state index in [2.05, 4.69) is 64.2 Å². The Kier molecular flexibility index (Phi) is 7.08. The van der Waals surface area contributed by atoms with Gasteiger partial charge in [-0.1, -0.05) is 52.8 Å². The van der Waals surface area contributed by atoms with Gasteiger partial charge in [-0.15, -0.1) is 0 Å². The highest BCUT2D eigenvalue weighted by atomic mass is 16.5. The van der Waals surface area contributed by atoms with Crippen molar-refractivity contribution in [1.29, 1.82) is 0 Å². The van der Waals surface area contributed by atoms with E-state index in [0.29, 0.717) is 11.5 Å². The van der Waals surface area contributed by atoms with E-state index in [1.54, 1.807) is 0 Å². The molecule has 0 aliphatic heterocycles. The molecule has 1 aromatic rings. The van der Waals surface area contributed by atoms with Gasteiger partial charge < -0.3 is 10.1 Å². The van der Waals surface area contributed by atoms with Crippen LogP contribution in [-0.4, -0.2) is 13.2 Å². The Morgan fingerprint density at radius 2 is 1.85 bits per heavy atom. The third kappa shape index (κ3) is 5.96. The van der Waals surface area contributed by atoms with Crippen molar-refractivity contribution < 1.29 is 4.74 Å². The summed E-state index contributed by atoms with van der Waals surface area (Å²) in [6, 6.07) is 8.82. The Bertz CT molecular complexity index is 381. The molecular formula is C18H31NO. The van der Waals surface area contributed by atoms with Gasteiger partial charge >= 0.3 is 0 Å². The fraction of sp³-hybridized carbons (Fsp3) is 0.667. The maximum Gasteiger partial charge on any atom is 0.124 e. The van der Waals surface area contributed by atoms with Crippen LogP contribution in [0.2, 0.25) is 0 Å². The normalized spacial score (nSPS) is 13.2. The molecule has 0 bridgehead atoms. The molecule has 0 saturated heterocycles. The predicted molar refractivity (Wildman–Crippen MR) is 87.3 cm³/mol. The molecular weight excluding hydrogens is 246 g/mol. The number of rotatable bonds is 8. The number of para-hydroxylation sites is 1. The van der Waals surface area contributed by atoms with Gasteiger partial charge in [0.2, 0.25) is 0 Å². The Hall–Kier alpha value is -1.02. The van der Waals surface area contributed by atoms with Gasteiger partial charge in [0.15, 0.2) is 0 Å². The summed E-state index contributed by atoms with van der Waals surface area (Å²) in [6.45, 7) is 13.0. The van der Waals surface area contributed by atoms with Crippen molar-refractivity contribution in [3.63, 3.8) is 0 Å². The molecule has 2 heteroatoms. The van der Waals surface area contributed by atoms with E-state index in [9.17, 15) is 0 Å². The highest BCUT2D eigenvalue weighted by Crippen LogP contribution is 2.28. The topological polar surface area (TPSA) is 21.3 Å². The molecule has 0 fully saturated rings. The lowest BCUT2D eigenvalue weighted by Crippen LogP contribution is -2.22. The average molecular weight is 277 g/mol. The van der Waals surface area contributed by atoms with Crippen molar-refractivity contribution in [3.05, 3.63) is 29.8 Å². The summed E-state index contributed by atoms with van der Waals surface area (Å²) in [6.07, 6.45) is 3.31. The predicted octanol–water partition coefficient (Wildman–Crippen LogP) is 4.95. The van der Waals surface area contributed by atoms with Gasteiger partial charge in [-0.05, 0) is 37.3 Å². The van der Waals surface area contributed by atoms with E-state index in [1.807, 2.05) is 0 Å². The number of nitrogens with one attached hydrogen (secondary N) is 1. The largest absolute Gasteiger partial charge is 0.493 e. The molecule has 2 nitrogen and oxygen atoms in total. The molecule has 1 N–H and O–H groups in total. The van der Waals surface area contributed by atoms with Gasteiger partial charge in [0.05, 0.1) is 6.61 Å². The Balaban J connectivity index is 2.71. The molecule has 0 aromatic heterocycles. The Labute approximate surface area is 124 Å². The standard InChI is InChI=1S/C18H31NO/c1-6-13-19-16(7-2)15-10-8-9-11-17(15)20-14-12-18(3,4)5/h8-11,16,19H,6-7,12-14H2,1-5H3. The van der Waals surface area contributed by atoms with Gasteiger partial charge in [0, 0.05) is 11.6 Å². The van der Waals surface area contributed by atoms with Crippen LogP contribution < -0.4 is 10.1 Å². The van der Waals surface area contributed by atoms with E-state index in [1.165, 1.54) is 5.56 Å². The fourth-order valence-electron chi connectivity index (χ4n) is 2.16. The summed E-state index contributed by atoms with van der Waals surface area (Å²) in [5.74, 6) is 1.03. The molecule has 0 saturated carbocycles. The van der Waals surface area contributed by atoms with Crippen LogP contribution in [0.5, 0.6) is 5.75 Å². The summed E-state index contributed by atoms with van der Waals surface area (Å²) in [7, 11) is 0. The molecule has 0 radical (unpaired) electrons. The molecule has 0 aliphatic carbocycles. The van der Waals surface area contributed by atoms with E-state index < -0.39 is 0 Å². The highest BCUT2D eigenvalue weighted by molar-refractivity contribution is 5.35. The minimum absolute atomic E-state index is 0.319. The van der Waals surface area contributed by atoms with E-state index >= 15 is 0 Å². The van der Waals surface area contributed by atoms with Gasteiger partial charge in [0.25, 0.3) is 0 Å². The third-order valence-corrected chi connectivity index (χ3v) is 3.45. The highest BCUT2D eigenvalue weighted by Gasteiger charge is 2.15. The molecule has 20 heavy (non-hydrogen) atoms. The van der Waals surface area contributed by atoms with E-state index in [0.717, 1.165) is 38.2 Å². The van der Waals surface area contributed by atoms with E-state index in [-0.39, 0.29) is 0 Å². The van der Waals surface area contributed by atoms with Crippen molar-refractivity contribution >= 4 is 0 Å². The molecule has 1 atom stereocenters. The van der Waals surface area contributed by atoms with Crippen LogP contribution >= 0.6 is 0 Å². The summed E-state index contributed by atoms with van der Waals surface area (Å²) in [4.78, 5) is 0. The van der Waals surface area contributed by atoms with E-state index in [4.69, 9.17) is 4.74 Å². The zero-order chi connectivity index (χ0) is 15.0. The monoisotopic (exact) mass is 277 g/mol. The maximum atomic E-state index is 6.04. The van der Waals surface area contributed by atoms with Crippen molar-refractivity contribution in [2.75, 3.05) is 13.2 Å². The van der Waals surface area contributed by atoms with Crippen molar-refractivity contribution in [3.8, 4) is 5.75 Å². The van der Waals surface area contributed by atoms with Crippen LogP contribution in [-0.2, 0) is 0 Å². The minimum Gasteiger partial charge on any atom is -0.493 e. The Morgan fingerprint density at radius 1 is 1.15 bits per heavy atom. The van der Waals surface area contributed by atoms with Gasteiger partial charge in [0.1, 0.15) is 5.75 Å². The summed E-state index contributed by atoms with van der Waals surface area (Å²) in [5, 5.41) is 3.60. The molecule has 114 valence electrons. The number of hydrogen-bond acceptors (Lipinski definition) is 2. The fourth-order valence-corrected chi connectivity index (χ4v) is 2.16. The quantitative estimate of drug-likeness (QED) is 0.725. The van der Waals surface area contributed by atoms with Crippen molar-refractivity contribution in [2.45, 2.75) is 59.9 Å². The molecule has 1 aromatic carbocycles. The van der Waals surface area contributed by atoms with Gasteiger partial charge in [-0.3, -0.25) is 0 Å². The van der Waals surface area contributed by atoms with Crippen molar-refractivity contribution in [1.82, 2.24) is 5.32 Å². The molecule has 0 amide bonds. The molecule has 0 aliphatic rings.